The van der Waals surface area contributed by atoms with Crippen molar-refractivity contribution in [2.45, 2.75) is 78.6 Å². The second kappa shape index (κ2) is 4.13. The molecular formula is C14H30OSi. The molecule has 1 nitrogen and oxygen atoms in total. The largest absolute Gasteiger partial charge is 0.413 e. The van der Waals surface area contributed by atoms with Crippen LogP contribution in [0.5, 0.6) is 0 Å². The molecule has 1 aliphatic carbocycles. The van der Waals surface area contributed by atoms with Crippen LogP contribution in [0, 0.1) is 11.3 Å². The van der Waals surface area contributed by atoms with Gasteiger partial charge in [-0.2, -0.15) is 0 Å². The molecule has 0 aromatic rings. The maximum Gasteiger partial charge on any atom is 0.192 e. The van der Waals surface area contributed by atoms with Crippen LogP contribution in [0.25, 0.3) is 0 Å². The zero-order valence-corrected chi connectivity index (χ0v) is 13.5. The lowest BCUT2D eigenvalue weighted by Crippen LogP contribution is -2.47. The second-order valence-electron chi connectivity index (χ2n) is 7.67. The SMILES string of the molecule is CC1CC[C@H](O[Si](C)(C)C(C)(C)C)C1(C)C. The summed E-state index contributed by atoms with van der Waals surface area (Å²) in [5.74, 6) is 0.794. The number of hydrogen-bond donors (Lipinski definition) is 0. The molecule has 0 heterocycles. The van der Waals surface area contributed by atoms with E-state index in [9.17, 15) is 0 Å². The van der Waals surface area contributed by atoms with Crippen LogP contribution in [-0.2, 0) is 4.43 Å². The van der Waals surface area contributed by atoms with Crippen LogP contribution in [0.2, 0.25) is 18.1 Å². The number of hydrogen-bond acceptors (Lipinski definition) is 1. The van der Waals surface area contributed by atoms with Crippen LogP contribution in [0.4, 0.5) is 0 Å². The monoisotopic (exact) mass is 242 g/mol. The first-order valence-electron chi connectivity index (χ1n) is 6.66. The van der Waals surface area contributed by atoms with Crippen molar-refractivity contribution in [3.63, 3.8) is 0 Å². The van der Waals surface area contributed by atoms with E-state index in [-0.39, 0.29) is 0 Å². The smallest absolute Gasteiger partial charge is 0.192 e. The summed E-state index contributed by atoms with van der Waals surface area (Å²) in [7, 11) is -1.59. The molecule has 0 bridgehead atoms. The minimum Gasteiger partial charge on any atom is -0.413 e. The van der Waals surface area contributed by atoms with Crippen LogP contribution < -0.4 is 0 Å². The van der Waals surface area contributed by atoms with Gasteiger partial charge < -0.3 is 4.43 Å². The van der Waals surface area contributed by atoms with Crippen LogP contribution in [0.3, 0.4) is 0 Å². The van der Waals surface area contributed by atoms with Gasteiger partial charge in [0.05, 0.1) is 6.10 Å². The molecule has 2 heteroatoms. The molecule has 0 N–H and O–H groups in total. The molecule has 1 saturated carbocycles. The Kier molecular flexibility index (Phi) is 3.68. The Balaban J connectivity index is 2.76. The van der Waals surface area contributed by atoms with E-state index in [0.29, 0.717) is 16.6 Å². The summed E-state index contributed by atoms with van der Waals surface area (Å²) in [6.45, 7) is 18.8. The Bertz CT molecular complexity index is 250. The first-order chi connectivity index (χ1) is 6.98. The maximum absolute atomic E-state index is 6.59. The van der Waals surface area contributed by atoms with Gasteiger partial charge in [-0.15, -0.1) is 0 Å². The lowest BCUT2D eigenvalue weighted by molar-refractivity contribution is 0.0679. The van der Waals surface area contributed by atoms with E-state index in [2.05, 4.69) is 54.6 Å². The molecule has 1 fully saturated rings. The van der Waals surface area contributed by atoms with Gasteiger partial charge >= 0.3 is 0 Å². The first kappa shape index (κ1) is 14.2. The third kappa shape index (κ3) is 2.53. The summed E-state index contributed by atoms with van der Waals surface area (Å²) in [6, 6.07) is 0. The molecule has 1 rings (SSSR count). The van der Waals surface area contributed by atoms with Gasteiger partial charge in [-0.1, -0.05) is 41.5 Å². The fraction of sp³-hybridized carbons (Fsp3) is 1.00. The van der Waals surface area contributed by atoms with Gasteiger partial charge in [-0.25, -0.2) is 0 Å². The van der Waals surface area contributed by atoms with Crippen molar-refractivity contribution in [1.82, 2.24) is 0 Å². The Hall–Kier alpha value is 0.177. The molecule has 0 aromatic heterocycles. The maximum atomic E-state index is 6.59. The van der Waals surface area contributed by atoms with Crippen LogP contribution in [-0.4, -0.2) is 14.4 Å². The summed E-state index contributed by atoms with van der Waals surface area (Å²) < 4.78 is 6.59. The lowest BCUT2D eigenvalue weighted by Gasteiger charge is -2.42. The summed E-state index contributed by atoms with van der Waals surface area (Å²) in [5, 5.41) is 0.328. The molecule has 0 saturated heterocycles. The highest BCUT2D eigenvalue weighted by molar-refractivity contribution is 6.74. The van der Waals surface area contributed by atoms with Crippen molar-refractivity contribution in [2.24, 2.45) is 11.3 Å². The normalized spacial score (nSPS) is 30.8. The highest BCUT2D eigenvalue weighted by atomic mass is 28.4. The van der Waals surface area contributed by atoms with Crippen molar-refractivity contribution in [3.05, 3.63) is 0 Å². The van der Waals surface area contributed by atoms with Gasteiger partial charge in [-0.05, 0) is 42.3 Å². The van der Waals surface area contributed by atoms with Crippen molar-refractivity contribution in [3.8, 4) is 0 Å². The fourth-order valence-electron chi connectivity index (χ4n) is 2.21. The summed E-state index contributed by atoms with van der Waals surface area (Å²) in [6.07, 6.45) is 3.05. The molecule has 1 unspecified atom stereocenters. The fourth-order valence-corrected chi connectivity index (χ4v) is 3.69. The predicted octanol–water partition coefficient (Wildman–Crippen LogP) is 4.83. The van der Waals surface area contributed by atoms with Gasteiger partial charge in [0.25, 0.3) is 0 Å². The summed E-state index contributed by atoms with van der Waals surface area (Å²) >= 11 is 0. The van der Waals surface area contributed by atoms with E-state index in [1.807, 2.05) is 0 Å². The van der Waals surface area contributed by atoms with Gasteiger partial charge in [-0.3, -0.25) is 0 Å². The number of rotatable bonds is 2. The molecular weight excluding hydrogens is 212 g/mol. The zero-order chi connectivity index (χ0) is 12.8. The molecule has 2 atom stereocenters. The Morgan fingerprint density at radius 1 is 1.12 bits per heavy atom. The van der Waals surface area contributed by atoms with E-state index >= 15 is 0 Å². The molecule has 0 aromatic carbocycles. The van der Waals surface area contributed by atoms with Crippen molar-refractivity contribution in [1.29, 1.82) is 0 Å². The topological polar surface area (TPSA) is 9.23 Å². The third-order valence-electron chi connectivity index (χ3n) is 5.20. The van der Waals surface area contributed by atoms with Crippen LogP contribution in [0.15, 0.2) is 0 Å². The van der Waals surface area contributed by atoms with Gasteiger partial charge in [0, 0.05) is 0 Å². The minimum atomic E-state index is -1.59. The van der Waals surface area contributed by atoms with Gasteiger partial charge in [0.15, 0.2) is 8.32 Å². The summed E-state index contributed by atoms with van der Waals surface area (Å²) in [4.78, 5) is 0. The highest BCUT2D eigenvalue weighted by Crippen LogP contribution is 2.48. The molecule has 96 valence electrons. The Labute approximate surface area is 103 Å². The van der Waals surface area contributed by atoms with E-state index in [0.717, 1.165) is 5.92 Å². The van der Waals surface area contributed by atoms with E-state index < -0.39 is 8.32 Å². The quantitative estimate of drug-likeness (QED) is 0.630. The minimum absolute atomic E-state index is 0.328. The molecule has 0 spiro atoms. The van der Waals surface area contributed by atoms with E-state index in [4.69, 9.17) is 4.43 Å². The molecule has 0 radical (unpaired) electrons. The molecule has 0 aliphatic heterocycles. The average Bonchev–Trinajstić information content (AvgIpc) is 2.29. The predicted molar refractivity (Wildman–Crippen MR) is 74.2 cm³/mol. The van der Waals surface area contributed by atoms with Crippen LogP contribution in [0.1, 0.15) is 54.4 Å². The van der Waals surface area contributed by atoms with Crippen LogP contribution >= 0.6 is 0 Å². The zero-order valence-electron chi connectivity index (χ0n) is 12.5. The Morgan fingerprint density at radius 3 is 1.94 bits per heavy atom. The van der Waals surface area contributed by atoms with Crippen molar-refractivity contribution < 1.29 is 4.43 Å². The van der Waals surface area contributed by atoms with Crippen molar-refractivity contribution >= 4 is 8.32 Å². The molecule has 0 amide bonds. The highest BCUT2D eigenvalue weighted by Gasteiger charge is 2.47. The van der Waals surface area contributed by atoms with Gasteiger partial charge in [0.1, 0.15) is 0 Å². The molecule has 1 aliphatic rings. The third-order valence-corrected chi connectivity index (χ3v) is 9.69. The average molecular weight is 242 g/mol. The Morgan fingerprint density at radius 2 is 1.62 bits per heavy atom. The summed E-state index contributed by atoms with van der Waals surface area (Å²) in [5.41, 5.74) is 0.357. The first-order valence-corrected chi connectivity index (χ1v) is 9.57. The lowest BCUT2D eigenvalue weighted by atomic mass is 9.82. The van der Waals surface area contributed by atoms with E-state index in [1.54, 1.807) is 0 Å². The van der Waals surface area contributed by atoms with Crippen molar-refractivity contribution in [2.75, 3.05) is 0 Å². The second-order valence-corrected chi connectivity index (χ2v) is 12.4. The van der Waals surface area contributed by atoms with Gasteiger partial charge in [0.2, 0.25) is 0 Å². The van der Waals surface area contributed by atoms with E-state index in [1.165, 1.54) is 12.8 Å². The molecule has 16 heavy (non-hydrogen) atoms. The standard InChI is InChI=1S/C14H30OSi/c1-11-9-10-12(14(11,5)6)15-16(7,8)13(2,3)4/h11-12H,9-10H2,1-8H3/t11?,12-/m0/s1.